The molecule has 5 N–H and O–H groups in total. The summed E-state index contributed by atoms with van der Waals surface area (Å²) in [4.78, 5) is 77.9. The molecule has 3 aliphatic heterocycles. The van der Waals surface area contributed by atoms with Gasteiger partial charge in [-0.15, -0.1) is 0 Å². The fourth-order valence-electron chi connectivity index (χ4n) is 11.4. The van der Waals surface area contributed by atoms with E-state index in [1.807, 2.05) is 30.3 Å². The number of nitrogens with zero attached hydrogens (tertiary/aromatic N) is 8. The molecule has 2 fully saturated rings. The summed E-state index contributed by atoms with van der Waals surface area (Å²) in [5.41, 5.74) is 6.06. The number of pyridine rings is 1. The third-order valence-corrected chi connectivity index (χ3v) is 15.8. The van der Waals surface area contributed by atoms with Crippen LogP contribution < -0.4 is 30.9 Å². The highest BCUT2D eigenvalue weighted by Crippen LogP contribution is 2.48. The van der Waals surface area contributed by atoms with Crippen LogP contribution in [0.4, 0.5) is 34.4 Å². The minimum Gasteiger partial charge on any atom is -0.392 e. The summed E-state index contributed by atoms with van der Waals surface area (Å²) in [7, 11) is -3.15. The number of carbonyl (C=O) groups is 2. The number of aromatic nitrogens is 4. The van der Waals surface area contributed by atoms with Gasteiger partial charge in [0.2, 0.25) is 5.91 Å². The van der Waals surface area contributed by atoms with Crippen LogP contribution in [0.2, 0.25) is 5.02 Å². The van der Waals surface area contributed by atoms with Gasteiger partial charge in [-0.05, 0) is 119 Å². The summed E-state index contributed by atoms with van der Waals surface area (Å²) in [6, 6.07) is 15.4. The quantitative estimate of drug-likeness (QED) is 0.0577. The molecule has 1 unspecified atom stereocenters. The molecule has 2 aromatic carbocycles. The van der Waals surface area contributed by atoms with Crippen LogP contribution in [0.3, 0.4) is 0 Å². The van der Waals surface area contributed by atoms with Gasteiger partial charge in [0.05, 0.1) is 23.7 Å². The fraction of sp³-hybridized carbons (Fsp3) is 0.442. The van der Waals surface area contributed by atoms with Gasteiger partial charge in [0.25, 0.3) is 11.5 Å². The maximum absolute atomic E-state index is 14.1. The molecule has 4 aliphatic rings. The Hall–Kier alpha value is -5.85. The Kier molecular flexibility index (Phi) is 13.9. The number of piperazine rings is 1. The van der Waals surface area contributed by atoms with Gasteiger partial charge in [-0.25, -0.2) is 14.5 Å². The maximum Gasteiger partial charge on any atom is 0.470 e. The highest BCUT2D eigenvalue weighted by atomic mass is 35.5. The SMILES string of the molecule is C=CC(=O)Nc1cc(Nc2nc(-c3ccnc(N4CCn5c(cc6c5CC(C)(C)C6)C4=O)c3CO)cn(C)c2=O)ccc1N1CCN(C2CCN(c3ccc(Cl)c(C(C)(C)OP(=O)(O)O)c3)[C@H](C)C2)C[C@@H]1C. The largest absolute Gasteiger partial charge is 0.470 e. The highest BCUT2D eigenvalue weighted by Gasteiger charge is 2.39. The third kappa shape index (κ3) is 10.1. The van der Waals surface area contributed by atoms with Crippen molar-refractivity contribution < 1.29 is 33.6 Å². The Labute approximate surface area is 424 Å². The molecule has 2 amide bonds. The van der Waals surface area contributed by atoms with Crippen LogP contribution in [0.5, 0.6) is 0 Å². The molecular weight excluding hydrogens is 959 g/mol. The average Bonchev–Trinajstić information content (AvgIpc) is 3.81. The van der Waals surface area contributed by atoms with E-state index in [1.165, 1.54) is 21.9 Å². The van der Waals surface area contributed by atoms with E-state index in [0.29, 0.717) is 76.0 Å². The predicted octanol–water partition coefficient (Wildman–Crippen LogP) is 7.36. The number of phosphoric ester groups is 1. The van der Waals surface area contributed by atoms with Crippen molar-refractivity contribution in [1.82, 2.24) is 24.0 Å². The van der Waals surface area contributed by atoms with Gasteiger partial charge < -0.3 is 44.5 Å². The van der Waals surface area contributed by atoms with E-state index < -0.39 is 25.6 Å². The molecule has 20 heteroatoms. The number of aliphatic hydroxyl groups is 1. The number of aliphatic hydroxyl groups excluding tert-OH is 1. The summed E-state index contributed by atoms with van der Waals surface area (Å²) in [5.74, 6) is -0.202. The molecule has 3 atom stereocenters. The van der Waals surface area contributed by atoms with Crippen LogP contribution in [0.1, 0.15) is 87.3 Å². The third-order valence-electron chi connectivity index (χ3n) is 14.7. The number of hydrogen-bond donors (Lipinski definition) is 5. The van der Waals surface area contributed by atoms with E-state index in [4.69, 9.17) is 21.1 Å². The lowest BCUT2D eigenvalue weighted by molar-refractivity contribution is -0.111. The molecule has 2 saturated heterocycles. The zero-order valence-corrected chi connectivity index (χ0v) is 43.5. The Balaban J connectivity index is 0.907. The Morgan fingerprint density at radius 2 is 1.79 bits per heavy atom. The summed E-state index contributed by atoms with van der Waals surface area (Å²) in [5, 5.41) is 17.4. The number of nitrogens with one attached hydrogen (secondary N) is 2. The highest BCUT2D eigenvalue weighted by molar-refractivity contribution is 7.46. The molecule has 382 valence electrons. The number of phosphoric acid groups is 1. The van der Waals surface area contributed by atoms with Crippen molar-refractivity contribution in [2.75, 3.05) is 58.1 Å². The Bertz CT molecular complexity index is 3080. The van der Waals surface area contributed by atoms with Crippen molar-refractivity contribution in [3.63, 3.8) is 0 Å². The second-order valence-electron chi connectivity index (χ2n) is 20.9. The molecule has 9 rings (SSSR count). The number of benzene rings is 2. The first-order valence-electron chi connectivity index (χ1n) is 24.4. The number of fused-ring (bicyclic) bond motifs is 3. The monoisotopic (exact) mass is 1020 g/mol. The van der Waals surface area contributed by atoms with Gasteiger partial charge in [-0.3, -0.25) is 28.7 Å². The number of rotatable bonds is 13. The first-order chi connectivity index (χ1) is 34.0. The smallest absolute Gasteiger partial charge is 0.392 e. The van der Waals surface area contributed by atoms with Crippen molar-refractivity contribution in [3.05, 3.63) is 117 Å². The molecular formula is C52H64ClN10O8P. The van der Waals surface area contributed by atoms with Crippen LogP contribution in [-0.2, 0) is 52.5 Å². The van der Waals surface area contributed by atoms with E-state index >= 15 is 0 Å². The van der Waals surface area contributed by atoms with Crippen molar-refractivity contribution in [1.29, 1.82) is 0 Å². The predicted molar refractivity (Wildman–Crippen MR) is 280 cm³/mol. The van der Waals surface area contributed by atoms with Crippen molar-refractivity contribution in [2.24, 2.45) is 12.5 Å². The topological polar surface area (TPSA) is 211 Å². The maximum atomic E-state index is 14.1. The number of halogens is 1. The summed E-state index contributed by atoms with van der Waals surface area (Å²) in [6.45, 7) is 19.3. The molecule has 5 aromatic rings. The second-order valence-corrected chi connectivity index (χ2v) is 22.5. The molecule has 18 nitrogen and oxygen atoms in total. The zero-order valence-electron chi connectivity index (χ0n) is 41.9. The van der Waals surface area contributed by atoms with Crippen LogP contribution >= 0.6 is 19.4 Å². The van der Waals surface area contributed by atoms with Crippen molar-refractivity contribution >= 4 is 65.6 Å². The number of piperidine rings is 1. The van der Waals surface area contributed by atoms with Crippen LogP contribution in [-0.4, -0.2) is 102 Å². The zero-order chi connectivity index (χ0) is 51.6. The molecule has 72 heavy (non-hydrogen) atoms. The molecule has 0 bridgehead atoms. The molecule has 0 saturated carbocycles. The van der Waals surface area contributed by atoms with E-state index in [-0.39, 0.29) is 35.1 Å². The normalized spacial score (nSPS) is 20.3. The van der Waals surface area contributed by atoms with Gasteiger partial charge in [0, 0.05) is 116 Å². The second kappa shape index (κ2) is 19.5. The summed E-state index contributed by atoms with van der Waals surface area (Å²) in [6.07, 6.45) is 8.03. The van der Waals surface area contributed by atoms with Gasteiger partial charge >= 0.3 is 7.82 Å². The average molecular weight is 1020 g/mol. The molecule has 1 aliphatic carbocycles. The lowest BCUT2D eigenvalue weighted by atomic mass is 9.90. The first-order valence-corrected chi connectivity index (χ1v) is 26.3. The Morgan fingerprint density at radius 1 is 1.01 bits per heavy atom. The molecule has 0 radical (unpaired) electrons. The van der Waals surface area contributed by atoms with Crippen LogP contribution in [0.25, 0.3) is 11.3 Å². The van der Waals surface area contributed by atoms with Crippen molar-refractivity contribution in [3.8, 4) is 11.3 Å². The lowest BCUT2D eigenvalue weighted by Crippen LogP contribution is -2.58. The van der Waals surface area contributed by atoms with Crippen LogP contribution in [0, 0.1) is 5.41 Å². The minimum atomic E-state index is -4.78. The van der Waals surface area contributed by atoms with Gasteiger partial charge in [-0.2, -0.15) is 0 Å². The van der Waals surface area contributed by atoms with Gasteiger partial charge in [-0.1, -0.05) is 32.0 Å². The van der Waals surface area contributed by atoms with Crippen molar-refractivity contribution in [2.45, 2.75) is 104 Å². The first kappa shape index (κ1) is 51.1. The van der Waals surface area contributed by atoms with Gasteiger partial charge in [0.15, 0.2) is 5.82 Å². The number of amides is 2. The fourth-order valence-corrected chi connectivity index (χ4v) is 12.4. The van der Waals surface area contributed by atoms with E-state index in [9.17, 15) is 33.8 Å². The van der Waals surface area contributed by atoms with E-state index in [1.54, 1.807) is 56.4 Å². The number of aryl methyl sites for hydroxylation is 1. The van der Waals surface area contributed by atoms with E-state index in [2.05, 4.69) is 69.2 Å². The number of anilines is 6. The number of hydrogen-bond acceptors (Lipinski definition) is 12. The van der Waals surface area contributed by atoms with Crippen LogP contribution in [0.15, 0.2) is 78.4 Å². The lowest BCUT2D eigenvalue weighted by Gasteiger charge is -2.48. The van der Waals surface area contributed by atoms with E-state index in [0.717, 1.165) is 56.7 Å². The standard InChI is InChI=1S/C52H64ClN10O8P/c1-9-46(65)56-41-24-34(10-13-43(41)61-19-18-59(28-32(61)3)35-15-17-60(31(2)22-35)36-11-12-40(53)39(25-36)52(6,7)71-72(68,69)70)55-47-50(67)58(8)29-42(57-47)37-14-16-54-48(38(37)30-64)63-21-20-62-44(49(63)66)23-33-26-51(4,5)27-45(33)62/h9-14,16,23-25,29,31-32,35,64H,1,15,17-22,26-28,30H2,2-8H3,(H,55,57)(H,56,65)(H2,68,69,70)/t31-,32+,35?/m1/s1. The molecule has 0 spiro atoms. The Morgan fingerprint density at radius 3 is 2.50 bits per heavy atom. The summed E-state index contributed by atoms with van der Waals surface area (Å²) >= 11 is 6.53. The minimum absolute atomic E-state index is 0.0202. The molecule has 3 aromatic heterocycles. The summed E-state index contributed by atoms with van der Waals surface area (Å²) < 4.78 is 20.4. The number of carbonyl (C=O) groups excluding carboxylic acids is 2. The molecule has 6 heterocycles. The van der Waals surface area contributed by atoms with Gasteiger partial charge in [0.1, 0.15) is 17.1 Å².